The first-order chi connectivity index (χ1) is 9.32. The quantitative estimate of drug-likeness (QED) is 0.728. The van der Waals surface area contributed by atoms with Crippen LogP contribution in [0.3, 0.4) is 0 Å². The van der Waals surface area contributed by atoms with Gasteiger partial charge in [-0.25, -0.2) is 4.79 Å². The predicted molar refractivity (Wildman–Crippen MR) is 76.8 cm³/mol. The van der Waals surface area contributed by atoms with Crippen molar-refractivity contribution in [2.24, 2.45) is 5.41 Å². The van der Waals surface area contributed by atoms with E-state index in [9.17, 15) is 9.59 Å². The average molecular weight is 279 g/mol. The van der Waals surface area contributed by atoms with Gasteiger partial charge in [0, 0.05) is 6.54 Å². The summed E-state index contributed by atoms with van der Waals surface area (Å²) in [7, 11) is 0. The lowest BCUT2D eigenvalue weighted by molar-refractivity contribution is -0.132. The first-order valence-electron chi connectivity index (χ1n) is 7.37. The van der Waals surface area contributed by atoms with Gasteiger partial charge >= 0.3 is 6.03 Å². The van der Waals surface area contributed by atoms with E-state index in [4.69, 9.17) is 5.26 Å². The molecule has 1 aliphatic rings. The van der Waals surface area contributed by atoms with Crippen molar-refractivity contribution in [1.82, 2.24) is 10.2 Å². The Balaban J connectivity index is 2.83. The fraction of sp³-hybridized carbons (Fsp3) is 0.800. The summed E-state index contributed by atoms with van der Waals surface area (Å²) in [5.41, 5.74) is -1.25. The van der Waals surface area contributed by atoms with Gasteiger partial charge in [-0.1, -0.05) is 26.7 Å². The molecule has 1 fully saturated rings. The van der Waals surface area contributed by atoms with Crippen LogP contribution in [0.4, 0.5) is 4.79 Å². The van der Waals surface area contributed by atoms with Crippen molar-refractivity contribution in [1.29, 1.82) is 5.26 Å². The van der Waals surface area contributed by atoms with Crippen molar-refractivity contribution >= 4 is 11.9 Å². The molecule has 1 aliphatic heterocycles. The Hall–Kier alpha value is -1.57. The fourth-order valence-corrected chi connectivity index (χ4v) is 2.64. The van der Waals surface area contributed by atoms with Crippen molar-refractivity contribution in [2.75, 3.05) is 6.54 Å². The number of rotatable bonds is 7. The Morgan fingerprint density at radius 1 is 1.25 bits per heavy atom. The molecule has 3 amide bonds. The Bertz CT molecular complexity index is 417. The monoisotopic (exact) mass is 279 g/mol. The number of hydrogen-bond acceptors (Lipinski definition) is 3. The zero-order valence-corrected chi connectivity index (χ0v) is 13.0. The first kappa shape index (κ1) is 16.5. The van der Waals surface area contributed by atoms with Crippen LogP contribution in [0.25, 0.3) is 0 Å². The largest absolute Gasteiger partial charge is 0.325 e. The van der Waals surface area contributed by atoms with E-state index in [2.05, 4.69) is 11.4 Å². The van der Waals surface area contributed by atoms with E-state index >= 15 is 0 Å². The molecule has 0 aliphatic carbocycles. The minimum absolute atomic E-state index is 0.125. The van der Waals surface area contributed by atoms with Gasteiger partial charge in [-0.15, -0.1) is 0 Å². The number of nitrogens with zero attached hydrogens (tertiary/aromatic N) is 2. The van der Waals surface area contributed by atoms with Crippen LogP contribution in [0.5, 0.6) is 0 Å². The number of carbonyl (C=O) groups is 2. The highest BCUT2D eigenvalue weighted by Gasteiger charge is 2.49. The number of amides is 3. The topological polar surface area (TPSA) is 73.2 Å². The van der Waals surface area contributed by atoms with Crippen LogP contribution < -0.4 is 5.32 Å². The Morgan fingerprint density at radius 2 is 1.80 bits per heavy atom. The molecule has 20 heavy (non-hydrogen) atoms. The summed E-state index contributed by atoms with van der Waals surface area (Å²) in [6.07, 6.45) is 3.54. The van der Waals surface area contributed by atoms with Crippen molar-refractivity contribution in [2.45, 2.75) is 65.3 Å². The zero-order valence-electron chi connectivity index (χ0n) is 13.0. The van der Waals surface area contributed by atoms with Crippen molar-refractivity contribution in [3.05, 3.63) is 0 Å². The molecule has 0 atom stereocenters. The highest BCUT2D eigenvalue weighted by Crippen LogP contribution is 2.29. The molecule has 0 radical (unpaired) electrons. The van der Waals surface area contributed by atoms with Gasteiger partial charge in [0.15, 0.2) is 0 Å². The molecular formula is C15H25N3O2. The van der Waals surface area contributed by atoms with Crippen molar-refractivity contribution in [3.63, 3.8) is 0 Å². The standard InChI is InChI=1S/C15H25N3O2/c1-5-7-15(8-6-2)12(19)18(13(20)17-15)10-9-14(3,4)11-16/h5-10H2,1-4H3,(H,17,20). The molecule has 0 aromatic rings. The Morgan fingerprint density at radius 3 is 2.25 bits per heavy atom. The molecule has 0 aromatic carbocycles. The smallest absolute Gasteiger partial charge is 0.323 e. The van der Waals surface area contributed by atoms with Gasteiger partial charge in [0.25, 0.3) is 5.91 Å². The number of nitrogens with one attached hydrogen (secondary N) is 1. The zero-order chi connectivity index (χ0) is 15.4. The molecule has 0 saturated carbocycles. The van der Waals surface area contributed by atoms with E-state index in [1.165, 1.54) is 4.90 Å². The number of urea groups is 1. The predicted octanol–water partition coefficient (Wildman–Crippen LogP) is 2.82. The first-order valence-corrected chi connectivity index (χ1v) is 7.37. The maximum atomic E-state index is 12.6. The van der Waals surface area contributed by atoms with E-state index in [0.717, 1.165) is 12.8 Å². The van der Waals surface area contributed by atoms with Gasteiger partial charge in [-0.2, -0.15) is 5.26 Å². The van der Waals surface area contributed by atoms with Crippen LogP contribution in [0.2, 0.25) is 0 Å². The SMILES string of the molecule is CCCC1(CCC)NC(=O)N(CCC(C)(C)C#N)C1=O. The van der Waals surface area contributed by atoms with Crippen molar-refractivity contribution < 1.29 is 9.59 Å². The van der Waals surface area contributed by atoms with Crippen LogP contribution in [0.15, 0.2) is 0 Å². The summed E-state index contributed by atoms with van der Waals surface area (Å²) in [5.74, 6) is -0.125. The van der Waals surface area contributed by atoms with Gasteiger partial charge in [-0.05, 0) is 33.1 Å². The maximum Gasteiger partial charge on any atom is 0.325 e. The highest BCUT2D eigenvalue weighted by atomic mass is 16.2. The number of hydrogen-bond donors (Lipinski definition) is 1. The summed E-state index contributed by atoms with van der Waals surface area (Å²) in [6, 6.07) is 1.88. The fourth-order valence-electron chi connectivity index (χ4n) is 2.64. The number of carbonyl (C=O) groups excluding carboxylic acids is 2. The molecule has 1 N–H and O–H groups in total. The van der Waals surface area contributed by atoms with Crippen LogP contribution >= 0.6 is 0 Å². The third-order valence-corrected chi connectivity index (χ3v) is 3.86. The molecule has 0 unspecified atom stereocenters. The highest BCUT2D eigenvalue weighted by molar-refractivity contribution is 6.07. The summed E-state index contributed by atoms with van der Waals surface area (Å²) >= 11 is 0. The molecule has 0 bridgehead atoms. The van der Waals surface area contributed by atoms with Crippen LogP contribution in [0.1, 0.15) is 59.8 Å². The average Bonchev–Trinajstić information content (AvgIpc) is 2.60. The van der Waals surface area contributed by atoms with E-state index < -0.39 is 11.0 Å². The molecule has 0 spiro atoms. The van der Waals surface area contributed by atoms with Gasteiger partial charge < -0.3 is 5.32 Å². The second kappa shape index (κ2) is 6.25. The third kappa shape index (κ3) is 3.30. The van der Waals surface area contributed by atoms with Gasteiger partial charge in [-0.3, -0.25) is 9.69 Å². The molecule has 5 heteroatoms. The van der Waals surface area contributed by atoms with E-state index in [1.54, 1.807) is 0 Å². The molecule has 112 valence electrons. The number of nitriles is 1. The second-order valence-electron chi connectivity index (χ2n) is 6.21. The lowest BCUT2D eigenvalue weighted by Crippen LogP contribution is -2.46. The molecule has 1 saturated heterocycles. The molecule has 1 rings (SSSR count). The Kier molecular flexibility index (Phi) is 5.15. The Labute approximate surface area is 121 Å². The van der Waals surface area contributed by atoms with E-state index in [1.807, 2.05) is 27.7 Å². The lowest BCUT2D eigenvalue weighted by Gasteiger charge is -2.26. The second-order valence-corrected chi connectivity index (χ2v) is 6.21. The molecule has 5 nitrogen and oxygen atoms in total. The molecule has 0 aromatic heterocycles. The molecule has 1 heterocycles. The lowest BCUT2D eigenvalue weighted by atomic mass is 9.88. The minimum Gasteiger partial charge on any atom is -0.323 e. The normalized spacial score (nSPS) is 18.1. The summed E-state index contributed by atoms with van der Waals surface area (Å²) < 4.78 is 0. The minimum atomic E-state index is -0.725. The maximum absolute atomic E-state index is 12.6. The van der Waals surface area contributed by atoms with Gasteiger partial charge in [0.1, 0.15) is 5.54 Å². The van der Waals surface area contributed by atoms with Crippen LogP contribution in [-0.2, 0) is 4.79 Å². The van der Waals surface area contributed by atoms with Crippen LogP contribution in [0, 0.1) is 16.7 Å². The van der Waals surface area contributed by atoms with E-state index in [-0.39, 0.29) is 11.9 Å². The number of imide groups is 1. The summed E-state index contributed by atoms with van der Waals surface area (Å²) in [4.78, 5) is 25.9. The van der Waals surface area contributed by atoms with Crippen LogP contribution in [-0.4, -0.2) is 28.9 Å². The summed E-state index contributed by atoms with van der Waals surface area (Å²) in [5, 5.41) is 11.9. The van der Waals surface area contributed by atoms with Gasteiger partial charge in [0.2, 0.25) is 0 Å². The van der Waals surface area contributed by atoms with E-state index in [0.29, 0.717) is 25.8 Å². The third-order valence-electron chi connectivity index (χ3n) is 3.86. The molecular weight excluding hydrogens is 254 g/mol. The van der Waals surface area contributed by atoms with Gasteiger partial charge in [0.05, 0.1) is 11.5 Å². The van der Waals surface area contributed by atoms with Crippen molar-refractivity contribution in [3.8, 4) is 6.07 Å². The summed E-state index contributed by atoms with van der Waals surface area (Å²) in [6.45, 7) is 7.96.